The van der Waals surface area contributed by atoms with E-state index >= 15 is 0 Å². The molecular formula is C30H21F3N2O6. The molecule has 1 fully saturated rings. The molecule has 3 aromatic carbocycles. The molecule has 1 aliphatic carbocycles. The molecule has 0 aliphatic heterocycles. The van der Waals surface area contributed by atoms with Gasteiger partial charge in [-0.25, -0.2) is 9.78 Å². The van der Waals surface area contributed by atoms with Gasteiger partial charge in [-0.3, -0.25) is 0 Å². The molecule has 1 saturated carbocycles. The Bertz CT molecular complexity index is 1730. The summed E-state index contributed by atoms with van der Waals surface area (Å²) in [5, 5.41) is 14.8. The van der Waals surface area contributed by atoms with Crippen LogP contribution in [0, 0.1) is 0 Å². The van der Waals surface area contributed by atoms with Gasteiger partial charge in [0.05, 0.1) is 11.1 Å². The van der Waals surface area contributed by atoms with Crippen molar-refractivity contribution in [2.45, 2.75) is 31.7 Å². The van der Waals surface area contributed by atoms with Gasteiger partial charge in [0.15, 0.2) is 0 Å². The Hall–Kier alpha value is -5.06. The molecule has 0 amide bonds. The summed E-state index contributed by atoms with van der Waals surface area (Å²) in [4.78, 5) is 15.0. The van der Waals surface area contributed by atoms with E-state index in [9.17, 15) is 18.0 Å². The molecule has 0 spiro atoms. The summed E-state index contributed by atoms with van der Waals surface area (Å²) >= 11 is 0. The zero-order valence-electron chi connectivity index (χ0n) is 21.2. The molecule has 0 unspecified atom stereocenters. The number of carboxylic acid groups (broad SMARTS) is 1. The summed E-state index contributed by atoms with van der Waals surface area (Å²) in [6.45, 7) is 0.0374. The van der Waals surface area contributed by atoms with Crippen molar-refractivity contribution in [3.63, 3.8) is 0 Å². The fourth-order valence-electron chi connectivity index (χ4n) is 4.41. The normalized spacial score (nSPS) is 13.2. The first kappa shape index (κ1) is 26.2. The lowest BCUT2D eigenvalue weighted by molar-refractivity contribution is -0.274. The molecule has 2 heterocycles. The van der Waals surface area contributed by atoms with Crippen molar-refractivity contribution in [3.8, 4) is 34.4 Å². The number of carboxylic acids is 1. The van der Waals surface area contributed by atoms with Crippen LogP contribution >= 0.6 is 0 Å². The number of para-hydroxylation sites is 1. The van der Waals surface area contributed by atoms with E-state index in [2.05, 4.69) is 14.9 Å². The van der Waals surface area contributed by atoms with Crippen molar-refractivity contribution >= 4 is 16.7 Å². The number of ether oxygens (including phenoxy) is 3. The molecule has 2 aromatic heterocycles. The van der Waals surface area contributed by atoms with Crippen LogP contribution in [0.3, 0.4) is 0 Å². The number of benzene rings is 3. The third kappa shape index (κ3) is 5.93. The number of carbonyl (C=O) groups is 1. The lowest BCUT2D eigenvalue weighted by atomic mass is 10.0. The van der Waals surface area contributed by atoms with Crippen molar-refractivity contribution in [2.24, 2.45) is 0 Å². The Morgan fingerprint density at radius 3 is 2.39 bits per heavy atom. The maximum atomic E-state index is 13.0. The maximum Gasteiger partial charge on any atom is 0.573 e. The number of fused-ring (bicyclic) bond motifs is 1. The topological polar surface area (TPSA) is 104 Å². The van der Waals surface area contributed by atoms with Gasteiger partial charge in [0.1, 0.15) is 35.3 Å². The lowest BCUT2D eigenvalue weighted by Crippen LogP contribution is -2.17. The van der Waals surface area contributed by atoms with Gasteiger partial charge in [0.2, 0.25) is 5.88 Å². The minimum atomic E-state index is -4.85. The van der Waals surface area contributed by atoms with Crippen LogP contribution in [0.4, 0.5) is 13.2 Å². The standard InChI is InChI=1S/C30H21F3N2O6/c31-30(32,33)40-25-4-2-1-3-23(25)27-24(28(41-35-27)17-5-6-17)16-38-21-10-7-19-14-22(11-8-18(19)13-21)39-26-12-9-20(15-34-26)29(36)37/h1-4,7-15,17H,5-6,16H2,(H,36,37). The fraction of sp³-hybridized carbons (Fsp3) is 0.167. The van der Waals surface area contributed by atoms with E-state index in [4.69, 9.17) is 19.1 Å². The van der Waals surface area contributed by atoms with E-state index in [0.717, 1.165) is 23.6 Å². The van der Waals surface area contributed by atoms with Crippen molar-refractivity contribution in [1.82, 2.24) is 10.1 Å². The monoisotopic (exact) mass is 562 g/mol. The molecule has 5 aromatic rings. The number of pyridine rings is 1. The molecule has 1 aliphatic rings. The Balaban J connectivity index is 1.22. The minimum absolute atomic E-state index is 0.0374. The van der Waals surface area contributed by atoms with E-state index in [1.54, 1.807) is 18.2 Å². The Kier molecular flexibility index (Phi) is 6.70. The smallest absolute Gasteiger partial charge is 0.489 e. The maximum absolute atomic E-state index is 13.0. The van der Waals surface area contributed by atoms with Crippen LogP contribution in [0.25, 0.3) is 22.0 Å². The Morgan fingerprint density at radius 2 is 1.71 bits per heavy atom. The van der Waals surface area contributed by atoms with E-state index in [0.29, 0.717) is 22.8 Å². The van der Waals surface area contributed by atoms with Gasteiger partial charge in [-0.2, -0.15) is 0 Å². The highest BCUT2D eigenvalue weighted by molar-refractivity contribution is 5.87. The van der Waals surface area contributed by atoms with Crippen molar-refractivity contribution in [1.29, 1.82) is 0 Å². The zero-order chi connectivity index (χ0) is 28.6. The Morgan fingerprint density at radius 1 is 0.976 bits per heavy atom. The summed E-state index contributed by atoms with van der Waals surface area (Å²) in [5.74, 6) is 0.638. The van der Waals surface area contributed by atoms with E-state index in [-0.39, 0.29) is 41.0 Å². The first-order valence-corrected chi connectivity index (χ1v) is 12.6. The summed E-state index contributed by atoms with van der Waals surface area (Å²) in [6.07, 6.45) is -1.82. The summed E-state index contributed by atoms with van der Waals surface area (Å²) in [7, 11) is 0. The van der Waals surface area contributed by atoms with Gasteiger partial charge in [-0.15, -0.1) is 13.2 Å². The largest absolute Gasteiger partial charge is 0.573 e. The molecule has 11 heteroatoms. The van der Waals surface area contributed by atoms with Gasteiger partial charge >= 0.3 is 12.3 Å². The van der Waals surface area contributed by atoms with E-state index < -0.39 is 12.3 Å². The van der Waals surface area contributed by atoms with E-state index in [1.165, 1.54) is 36.5 Å². The number of aromatic nitrogens is 2. The van der Waals surface area contributed by atoms with Crippen LogP contribution in [0.15, 0.2) is 83.5 Å². The summed E-state index contributed by atoms with van der Waals surface area (Å²) < 4.78 is 60.8. The average Bonchev–Trinajstić information content (AvgIpc) is 3.71. The SMILES string of the molecule is O=C(O)c1ccc(Oc2ccc3cc(OCc4c(-c5ccccc5OC(F)(F)F)noc4C4CC4)ccc3c2)nc1. The molecule has 208 valence electrons. The zero-order valence-corrected chi connectivity index (χ0v) is 21.2. The van der Waals surface area contributed by atoms with Gasteiger partial charge in [0, 0.05) is 23.7 Å². The predicted octanol–water partition coefficient (Wildman–Crippen LogP) is 7.74. The number of hydrogen-bond donors (Lipinski definition) is 1. The molecule has 0 bridgehead atoms. The number of halogens is 3. The highest BCUT2D eigenvalue weighted by Crippen LogP contribution is 2.45. The molecular weight excluding hydrogens is 541 g/mol. The number of aromatic carboxylic acids is 1. The predicted molar refractivity (Wildman–Crippen MR) is 140 cm³/mol. The molecule has 0 radical (unpaired) electrons. The van der Waals surface area contributed by atoms with Crippen molar-refractivity contribution < 1.29 is 41.8 Å². The number of alkyl halides is 3. The first-order valence-electron chi connectivity index (χ1n) is 12.6. The lowest BCUT2D eigenvalue weighted by Gasteiger charge is -2.13. The summed E-state index contributed by atoms with van der Waals surface area (Å²) in [6, 6.07) is 19.6. The average molecular weight is 563 g/mol. The fourth-order valence-corrected chi connectivity index (χ4v) is 4.41. The van der Waals surface area contributed by atoms with Gasteiger partial charge in [-0.1, -0.05) is 29.4 Å². The highest BCUT2D eigenvalue weighted by atomic mass is 19.4. The second kappa shape index (κ2) is 10.5. The third-order valence-electron chi connectivity index (χ3n) is 6.51. The first-order chi connectivity index (χ1) is 19.7. The molecule has 0 atom stereocenters. The van der Waals surface area contributed by atoms with E-state index in [1.807, 2.05) is 24.3 Å². The summed E-state index contributed by atoms with van der Waals surface area (Å²) in [5.41, 5.74) is 1.05. The van der Waals surface area contributed by atoms with Crippen LogP contribution in [0.1, 0.15) is 40.4 Å². The molecule has 41 heavy (non-hydrogen) atoms. The van der Waals surface area contributed by atoms with Crippen molar-refractivity contribution in [2.75, 3.05) is 0 Å². The van der Waals surface area contributed by atoms with Crippen molar-refractivity contribution in [3.05, 3.63) is 95.9 Å². The number of nitrogens with zero attached hydrogens (tertiary/aromatic N) is 2. The second-order valence-electron chi connectivity index (χ2n) is 9.44. The molecule has 6 rings (SSSR count). The number of hydrogen-bond acceptors (Lipinski definition) is 7. The third-order valence-corrected chi connectivity index (χ3v) is 6.51. The van der Waals surface area contributed by atoms with Gasteiger partial charge in [-0.05, 0) is 66.1 Å². The second-order valence-corrected chi connectivity index (χ2v) is 9.44. The van der Waals surface area contributed by atoms with Crippen LogP contribution in [0.5, 0.6) is 23.1 Å². The minimum Gasteiger partial charge on any atom is -0.489 e. The van der Waals surface area contributed by atoms with Gasteiger partial charge in [0.25, 0.3) is 0 Å². The van der Waals surface area contributed by atoms with Crippen LogP contribution in [-0.2, 0) is 6.61 Å². The van der Waals surface area contributed by atoms with Crippen LogP contribution in [-0.4, -0.2) is 27.6 Å². The van der Waals surface area contributed by atoms with Gasteiger partial charge < -0.3 is 23.8 Å². The van der Waals surface area contributed by atoms with Crippen LogP contribution < -0.4 is 14.2 Å². The quantitative estimate of drug-likeness (QED) is 0.195. The van der Waals surface area contributed by atoms with Crippen LogP contribution in [0.2, 0.25) is 0 Å². The molecule has 0 saturated heterocycles. The molecule has 8 nitrogen and oxygen atoms in total. The number of rotatable bonds is 9. The Labute approximate surface area is 230 Å². The highest BCUT2D eigenvalue weighted by Gasteiger charge is 2.35. The molecule has 1 N–H and O–H groups in total.